The van der Waals surface area contributed by atoms with Crippen LogP contribution in [0.4, 0.5) is 4.79 Å². The molecule has 0 spiro atoms. The number of aromatic amines is 1. The number of carbonyl (C=O) groups is 4. The highest BCUT2D eigenvalue weighted by Gasteiger charge is 2.65. The number of aromatic nitrogens is 2. The van der Waals surface area contributed by atoms with Gasteiger partial charge >= 0.3 is 12.1 Å². The predicted molar refractivity (Wildman–Crippen MR) is 256 cm³/mol. The van der Waals surface area contributed by atoms with E-state index >= 15 is 0 Å². The van der Waals surface area contributed by atoms with Gasteiger partial charge in [-0.25, -0.2) is 9.78 Å². The van der Waals surface area contributed by atoms with Crippen molar-refractivity contribution in [2.75, 3.05) is 40.6 Å². The first-order valence-electron chi connectivity index (χ1n) is 24.6. The summed E-state index contributed by atoms with van der Waals surface area (Å²) in [5, 5.41) is 5.11. The second-order valence-electron chi connectivity index (χ2n) is 21.1. The fourth-order valence-corrected chi connectivity index (χ4v) is 12.5. The van der Waals surface area contributed by atoms with E-state index < -0.39 is 18.1 Å². The van der Waals surface area contributed by atoms with E-state index in [9.17, 15) is 19.2 Å². The molecule has 0 radical (unpaired) electrons. The van der Waals surface area contributed by atoms with Crippen LogP contribution in [0.3, 0.4) is 0 Å². The number of hydrogen-bond acceptors (Lipinski definition) is 10. The predicted octanol–water partition coefficient (Wildman–Crippen LogP) is 8.27. The molecule has 3 aromatic carbocycles. The van der Waals surface area contributed by atoms with Gasteiger partial charge in [-0.05, 0) is 119 Å². The van der Waals surface area contributed by atoms with Gasteiger partial charge in [0, 0.05) is 62.4 Å². The number of esters is 1. The van der Waals surface area contributed by atoms with Crippen molar-refractivity contribution in [3.8, 4) is 22.4 Å². The Bertz CT molecular complexity index is 2700. The van der Waals surface area contributed by atoms with Crippen molar-refractivity contribution in [3.05, 3.63) is 84.4 Å². The van der Waals surface area contributed by atoms with Crippen LogP contribution in [0.5, 0.6) is 0 Å². The third-order valence-electron chi connectivity index (χ3n) is 16.8. The van der Waals surface area contributed by atoms with Crippen molar-refractivity contribution in [1.29, 1.82) is 0 Å². The number of fused-ring (bicyclic) bond motifs is 3. The fraction of sp³-hybridized carbons (Fsp3) is 0.519. The van der Waals surface area contributed by atoms with Crippen LogP contribution in [-0.2, 0) is 33.3 Å². The molecule has 356 valence electrons. The lowest BCUT2D eigenvalue weighted by atomic mass is 9.82. The Morgan fingerprint density at radius 3 is 1.99 bits per heavy atom. The minimum absolute atomic E-state index is 0.0233. The highest BCUT2D eigenvalue weighted by atomic mass is 16.5. The highest BCUT2D eigenvalue weighted by Crippen LogP contribution is 2.63. The Balaban J connectivity index is 0.757. The first kappa shape index (κ1) is 44.6. The lowest BCUT2D eigenvalue weighted by molar-refractivity contribution is -0.150. The summed E-state index contributed by atoms with van der Waals surface area (Å²) >= 11 is 0. The Morgan fingerprint density at radius 1 is 0.735 bits per heavy atom. The number of likely N-dealkylation sites (tertiary alicyclic amines) is 2. The van der Waals surface area contributed by atoms with Crippen molar-refractivity contribution in [3.63, 3.8) is 0 Å². The zero-order valence-electron chi connectivity index (χ0n) is 39.5. The molecule has 6 heterocycles. The van der Waals surface area contributed by atoms with Crippen LogP contribution in [-0.4, -0.2) is 114 Å². The molecule has 0 unspecified atom stereocenters. The molecular formula is C54H62N6O8. The molecule has 3 amide bonds. The van der Waals surface area contributed by atoms with Crippen LogP contribution in [0.2, 0.25) is 0 Å². The number of alkyl carbamates (subject to hydrolysis) is 1. The average Bonchev–Trinajstić information content (AvgIpc) is 3.79. The zero-order valence-corrected chi connectivity index (χ0v) is 39.5. The second kappa shape index (κ2) is 17.6. The number of methoxy groups -OCH3 is 2. The number of H-pyrrole nitrogens is 1. The highest BCUT2D eigenvalue weighted by molar-refractivity contribution is 6.04. The second-order valence-corrected chi connectivity index (χ2v) is 21.1. The number of ether oxygens (including phenoxy) is 4. The van der Waals surface area contributed by atoms with Gasteiger partial charge in [0.1, 0.15) is 11.9 Å². The third-order valence-corrected chi connectivity index (χ3v) is 16.8. The van der Waals surface area contributed by atoms with Gasteiger partial charge in [0.25, 0.3) is 0 Å². The standard InChI is InChI=1S/C54H62N6O8/c1-53-25-43(59(45(53)27-53)50(62)40(24-47(61)65-3)33-13-17-67-18-14-33)41-23-39(29-55-41)32-7-5-31(6-8-32)35-9-10-37-22-38(12-11-36(37)21-35)42-30-56-49(57-42)44-26-54(2)28-46(54)60(44)51(63)48(58-52(64)66-4)34-15-19-68-20-16-34/h5-12,21-22,29-30,33-34,40,43-46,48H,13-20,23-28H2,1-4H3,(H,56,57)(H,58,64)/t40-,43-,44-,45+,46+,48-,53-,54-/m0/s1. The molecule has 6 fully saturated rings. The Kier molecular flexibility index (Phi) is 11.5. The minimum Gasteiger partial charge on any atom is -0.469 e. The van der Waals surface area contributed by atoms with E-state index in [2.05, 4.69) is 89.7 Å². The van der Waals surface area contributed by atoms with Gasteiger partial charge in [0.05, 0.1) is 50.5 Å². The summed E-state index contributed by atoms with van der Waals surface area (Å²) in [5.74, 6) is 0.0687. The van der Waals surface area contributed by atoms with Gasteiger partial charge < -0.3 is 39.0 Å². The maximum Gasteiger partial charge on any atom is 0.407 e. The van der Waals surface area contributed by atoms with E-state index in [0.29, 0.717) is 45.7 Å². The molecule has 14 nitrogen and oxygen atoms in total. The summed E-state index contributed by atoms with van der Waals surface area (Å²) in [4.78, 5) is 71.4. The number of allylic oxidation sites excluding steroid dienone is 1. The molecule has 2 saturated carbocycles. The van der Waals surface area contributed by atoms with Crippen LogP contribution < -0.4 is 5.32 Å². The fourth-order valence-electron chi connectivity index (χ4n) is 12.5. The van der Waals surface area contributed by atoms with Crippen LogP contribution in [0.25, 0.3) is 38.7 Å². The largest absolute Gasteiger partial charge is 0.469 e. The molecule has 4 saturated heterocycles. The first-order valence-corrected chi connectivity index (χ1v) is 24.6. The number of nitrogens with zero attached hydrogens (tertiary/aromatic N) is 4. The van der Waals surface area contributed by atoms with Gasteiger partial charge in [-0.2, -0.15) is 0 Å². The van der Waals surface area contributed by atoms with Gasteiger partial charge in [0.15, 0.2) is 0 Å². The van der Waals surface area contributed by atoms with Gasteiger partial charge in [0.2, 0.25) is 11.8 Å². The molecule has 2 aliphatic carbocycles. The topological polar surface area (TPSA) is 165 Å². The van der Waals surface area contributed by atoms with E-state index in [1.54, 1.807) is 0 Å². The summed E-state index contributed by atoms with van der Waals surface area (Å²) < 4.78 is 21.2. The number of rotatable bonds is 12. The number of aliphatic imine (C=N–C) groups is 1. The molecule has 11 rings (SSSR count). The Morgan fingerprint density at radius 2 is 1.32 bits per heavy atom. The number of amides is 3. The molecule has 7 aliphatic rings. The molecule has 2 N–H and O–H groups in total. The molecular weight excluding hydrogens is 861 g/mol. The number of benzene rings is 3. The van der Waals surface area contributed by atoms with Crippen LogP contribution >= 0.6 is 0 Å². The Labute approximate surface area is 397 Å². The number of imidazole rings is 1. The molecule has 8 atom stereocenters. The minimum atomic E-state index is -0.687. The quantitative estimate of drug-likeness (QED) is 0.133. The first-order chi connectivity index (χ1) is 32.9. The summed E-state index contributed by atoms with van der Waals surface area (Å²) in [6, 6.07) is 20.9. The molecule has 14 heteroatoms. The summed E-state index contributed by atoms with van der Waals surface area (Å²) in [6.45, 7) is 6.87. The van der Waals surface area contributed by atoms with Crippen LogP contribution in [0, 0.1) is 28.6 Å². The molecule has 1 aromatic heterocycles. The van der Waals surface area contributed by atoms with E-state index in [-0.39, 0.29) is 71.0 Å². The maximum atomic E-state index is 14.5. The number of hydrogen-bond donors (Lipinski definition) is 2. The van der Waals surface area contributed by atoms with Gasteiger partial charge in [-0.15, -0.1) is 0 Å². The van der Waals surface area contributed by atoms with E-state index in [1.165, 1.54) is 14.2 Å². The lowest BCUT2D eigenvalue weighted by Gasteiger charge is -2.35. The molecule has 5 aliphatic heterocycles. The van der Waals surface area contributed by atoms with E-state index in [0.717, 1.165) is 94.4 Å². The van der Waals surface area contributed by atoms with Crippen molar-refractivity contribution in [2.24, 2.45) is 33.6 Å². The lowest BCUT2D eigenvalue weighted by Crippen LogP contribution is -2.54. The smallest absolute Gasteiger partial charge is 0.407 e. The van der Waals surface area contributed by atoms with Crippen molar-refractivity contribution in [1.82, 2.24) is 25.1 Å². The van der Waals surface area contributed by atoms with Crippen molar-refractivity contribution in [2.45, 2.75) is 108 Å². The van der Waals surface area contributed by atoms with Gasteiger partial charge in [-0.3, -0.25) is 19.4 Å². The molecule has 68 heavy (non-hydrogen) atoms. The number of piperidine rings is 2. The third kappa shape index (κ3) is 8.20. The van der Waals surface area contributed by atoms with Crippen molar-refractivity contribution >= 4 is 45.9 Å². The molecule has 4 aromatic rings. The van der Waals surface area contributed by atoms with Crippen LogP contribution in [0.15, 0.2) is 78.1 Å². The average molecular weight is 923 g/mol. The molecule has 0 bridgehead atoms. The normalized spacial score (nSPS) is 28.6. The number of nitrogens with one attached hydrogen (secondary N) is 2. The SMILES string of the molecule is COC(=O)C[C@H](C(=O)N1[C@H](C2=NC=C(c3ccc(-c4ccc5cc(-c6cnc([C@@H]7C[C@@]8(C)C[C@H]8N7C(=O)[C@@H](NC(=O)OC)C7CCOCC7)[nH]6)ccc5c4)cc3)C2)C[C@@]2(C)C[C@@H]12)C1CCOCC1. The van der Waals surface area contributed by atoms with E-state index in [1.807, 2.05) is 17.3 Å². The Hall–Kier alpha value is -5.86. The summed E-state index contributed by atoms with van der Waals surface area (Å²) in [5.41, 5.74) is 7.53. The summed E-state index contributed by atoms with van der Waals surface area (Å²) in [7, 11) is 2.72. The van der Waals surface area contributed by atoms with Crippen LogP contribution in [0.1, 0.15) is 95.5 Å². The zero-order chi connectivity index (χ0) is 46.9. The maximum absolute atomic E-state index is 14.5. The number of carbonyl (C=O) groups excluding carboxylic acids is 4. The van der Waals surface area contributed by atoms with Gasteiger partial charge in [-0.1, -0.05) is 62.4 Å². The van der Waals surface area contributed by atoms with E-state index in [4.69, 9.17) is 28.9 Å². The monoisotopic (exact) mass is 922 g/mol. The summed E-state index contributed by atoms with van der Waals surface area (Å²) in [6.07, 6.45) is 10.6. The van der Waals surface area contributed by atoms with Crippen molar-refractivity contribution < 1.29 is 38.1 Å².